The molecule has 0 atom stereocenters. The summed E-state index contributed by atoms with van der Waals surface area (Å²) >= 11 is 0. The van der Waals surface area contributed by atoms with Gasteiger partial charge in [0.25, 0.3) is 0 Å². The van der Waals surface area contributed by atoms with E-state index < -0.39 is 12.5 Å². The molecule has 2 nitrogen and oxygen atoms in total. The van der Waals surface area contributed by atoms with E-state index >= 15 is 0 Å². The van der Waals surface area contributed by atoms with E-state index in [1.807, 2.05) is 0 Å². The van der Waals surface area contributed by atoms with E-state index in [0.717, 1.165) is 36.5 Å². The summed E-state index contributed by atoms with van der Waals surface area (Å²) < 4.78 is 74.6. The molecule has 1 aliphatic carbocycles. The summed E-state index contributed by atoms with van der Waals surface area (Å²) in [5.41, 5.74) is 1.50. The first-order valence-corrected chi connectivity index (χ1v) is 14.1. The number of rotatable bonds is 15. The highest BCUT2D eigenvalue weighted by molar-refractivity contribution is 5.28. The summed E-state index contributed by atoms with van der Waals surface area (Å²) in [6.45, 7) is 1.98. The molecule has 1 saturated carbocycles. The summed E-state index contributed by atoms with van der Waals surface area (Å²) in [5.74, 6) is 0.870. The van der Waals surface area contributed by atoms with Crippen molar-refractivity contribution in [2.45, 2.75) is 109 Å². The molecule has 0 heterocycles. The Morgan fingerprint density at radius 3 is 1.95 bits per heavy atom. The lowest BCUT2D eigenvalue weighted by Crippen LogP contribution is -2.20. The minimum absolute atomic E-state index is 0.141. The van der Waals surface area contributed by atoms with Crippen LogP contribution in [0.4, 0.5) is 22.0 Å². The second-order valence-electron chi connectivity index (χ2n) is 10.6. The third-order valence-corrected chi connectivity index (χ3v) is 7.61. The Morgan fingerprint density at radius 1 is 0.737 bits per heavy atom. The van der Waals surface area contributed by atoms with Crippen molar-refractivity contribution in [3.8, 4) is 5.75 Å². The summed E-state index contributed by atoms with van der Waals surface area (Å²) in [5, 5.41) is 0. The second-order valence-corrected chi connectivity index (χ2v) is 10.6. The van der Waals surface area contributed by atoms with Crippen molar-refractivity contribution in [2.75, 3.05) is 6.61 Å². The van der Waals surface area contributed by atoms with E-state index in [-0.39, 0.29) is 24.3 Å². The number of ether oxygens (including phenoxy) is 2. The highest BCUT2D eigenvalue weighted by atomic mass is 19.4. The molecule has 1 fully saturated rings. The molecule has 0 saturated heterocycles. The maximum absolute atomic E-state index is 14.6. The van der Waals surface area contributed by atoms with Crippen LogP contribution in [0.3, 0.4) is 0 Å². The van der Waals surface area contributed by atoms with Gasteiger partial charge < -0.3 is 9.47 Å². The highest BCUT2D eigenvalue weighted by Crippen LogP contribution is 2.39. The minimum Gasteiger partial charge on any atom is -0.406 e. The zero-order chi connectivity index (χ0) is 27.4. The first-order valence-electron chi connectivity index (χ1n) is 14.1. The first kappa shape index (κ1) is 30.4. The summed E-state index contributed by atoms with van der Waals surface area (Å²) in [4.78, 5) is 0. The van der Waals surface area contributed by atoms with Crippen LogP contribution in [0.25, 0.3) is 0 Å². The van der Waals surface area contributed by atoms with E-state index in [9.17, 15) is 22.0 Å². The van der Waals surface area contributed by atoms with E-state index in [4.69, 9.17) is 4.74 Å². The quantitative estimate of drug-likeness (QED) is 0.165. The zero-order valence-corrected chi connectivity index (χ0v) is 22.4. The molecule has 0 bridgehead atoms. The van der Waals surface area contributed by atoms with Crippen molar-refractivity contribution in [2.24, 2.45) is 5.92 Å². The standard InChI is InChI=1S/C31H41F5O2/c1-2-3-4-5-6-7-8-9-24-10-14-26(15-11-24)27-16-18-28(19-17-27)30(32,33)37-23-22-25-12-20-29(21-13-25)38-31(34,35)36/h12-13,16-21,24,26H,2-11,14-15,22-23H2,1H3/t24-,26-. The summed E-state index contributed by atoms with van der Waals surface area (Å²) in [6, 6.07) is 11.6. The normalized spacial score (nSPS) is 18.5. The molecule has 3 rings (SSSR count). The number of halogens is 5. The number of unbranched alkanes of at least 4 members (excludes halogenated alkanes) is 6. The van der Waals surface area contributed by atoms with Gasteiger partial charge in [0, 0.05) is 0 Å². The van der Waals surface area contributed by atoms with Crippen LogP contribution in [0.15, 0.2) is 48.5 Å². The molecule has 212 valence electrons. The predicted octanol–water partition coefficient (Wildman–Crippen LogP) is 10.3. The lowest BCUT2D eigenvalue weighted by molar-refractivity contribution is -0.274. The number of hydrogen-bond donors (Lipinski definition) is 0. The Bertz CT molecular complexity index is 917. The Hall–Kier alpha value is -2.15. The predicted molar refractivity (Wildman–Crippen MR) is 140 cm³/mol. The van der Waals surface area contributed by atoms with Crippen LogP contribution in [0.5, 0.6) is 5.75 Å². The van der Waals surface area contributed by atoms with E-state index in [0.29, 0.717) is 11.5 Å². The molecule has 38 heavy (non-hydrogen) atoms. The SMILES string of the molecule is CCCCCCCCC[C@H]1CC[C@H](c2ccc(C(F)(F)OCCc3ccc(OC(F)(F)F)cc3)cc2)CC1. The van der Waals surface area contributed by atoms with Crippen molar-refractivity contribution in [3.05, 3.63) is 65.2 Å². The Kier molecular flexibility index (Phi) is 11.9. The van der Waals surface area contributed by atoms with Crippen LogP contribution in [-0.4, -0.2) is 13.0 Å². The molecule has 0 aromatic heterocycles. The first-order chi connectivity index (χ1) is 18.2. The molecular formula is C31H41F5O2. The molecule has 7 heteroatoms. The van der Waals surface area contributed by atoms with E-state index in [1.165, 1.54) is 88.5 Å². The maximum Gasteiger partial charge on any atom is 0.573 e. The molecule has 0 spiro atoms. The molecule has 0 unspecified atom stereocenters. The van der Waals surface area contributed by atoms with Crippen LogP contribution in [-0.2, 0) is 17.3 Å². The van der Waals surface area contributed by atoms with Crippen molar-refractivity contribution < 1.29 is 31.4 Å². The summed E-state index contributed by atoms with van der Waals surface area (Å²) in [6.07, 6.45) is 7.26. The number of hydrogen-bond acceptors (Lipinski definition) is 2. The minimum atomic E-state index is -4.77. The molecule has 0 amide bonds. The smallest absolute Gasteiger partial charge is 0.406 e. The monoisotopic (exact) mass is 540 g/mol. The lowest BCUT2D eigenvalue weighted by atomic mass is 9.77. The van der Waals surface area contributed by atoms with Gasteiger partial charge in [0.05, 0.1) is 12.2 Å². The van der Waals surface area contributed by atoms with Gasteiger partial charge in [0.15, 0.2) is 0 Å². The van der Waals surface area contributed by atoms with Gasteiger partial charge in [0.1, 0.15) is 5.75 Å². The van der Waals surface area contributed by atoms with E-state index in [2.05, 4.69) is 11.7 Å². The Labute approximate surface area is 223 Å². The van der Waals surface area contributed by atoms with Crippen molar-refractivity contribution in [1.29, 1.82) is 0 Å². The van der Waals surface area contributed by atoms with Crippen LogP contribution in [0.1, 0.15) is 107 Å². The Morgan fingerprint density at radius 2 is 1.34 bits per heavy atom. The second kappa shape index (κ2) is 14.9. The topological polar surface area (TPSA) is 18.5 Å². The van der Waals surface area contributed by atoms with Crippen LogP contribution in [0.2, 0.25) is 0 Å². The van der Waals surface area contributed by atoms with Crippen LogP contribution < -0.4 is 4.74 Å². The number of benzene rings is 2. The maximum atomic E-state index is 14.6. The fourth-order valence-electron chi connectivity index (χ4n) is 5.36. The van der Waals surface area contributed by atoms with Gasteiger partial charge in [-0.15, -0.1) is 13.2 Å². The summed E-state index contributed by atoms with van der Waals surface area (Å²) in [7, 11) is 0. The molecule has 0 N–H and O–H groups in total. The molecule has 2 aromatic rings. The molecule has 0 aliphatic heterocycles. The molecule has 2 aromatic carbocycles. The number of alkyl halides is 5. The zero-order valence-electron chi connectivity index (χ0n) is 22.4. The van der Waals surface area contributed by atoms with Crippen molar-refractivity contribution in [3.63, 3.8) is 0 Å². The van der Waals surface area contributed by atoms with Gasteiger partial charge in [-0.25, -0.2) is 0 Å². The highest BCUT2D eigenvalue weighted by Gasteiger charge is 2.33. The average molecular weight is 541 g/mol. The molecular weight excluding hydrogens is 499 g/mol. The van der Waals surface area contributed by atoms with Crippen LogP contribution in [0, 0.1) is 5.92 Å². The largest absolute Gasteiger partial charge is 0.573 e. The van der Waals surface area contributed by atoms with Gasteiger partial charge in [-0.1, -0.05) is 94.7 Å². The lowest BCUT2D eigenvalue weighted by Gasteiger charge is -2.29. The van der Waals surface area contributed by atoms with Crippen molar-refractivity contribution in [1.82, 2.24) is 0 Å². The van der Waals surface area contributed by atoms with Gasteiger partial charge >= 0.3 is 12.5 Å². The third-order valence-electron chi connectivity index (χ3n) is 7.61. The van der Waals surface area contributed by atoms with Gasteiger partial charge in [-0.2, -0.15) is 8.78 Å². The van der Waals surface area contributed by atoms with E-state index in [1.54, 1.807) is 12.1 Å². The van der Waals surface area contributed by atoms with Gasteiger partial charge in [-0.3, -0.25) is 0 Å². The third kappa shape index (κ3) is 10.5. The van der Waals surface area contributed by atoms with Crippen molar-refractivity contribution >= 4 is 0 Å². The average Bonchev–Trinajstić information content (AvgIpc) is 2.89. The Balaban J connectivity index is 1.37. The van der Waals surface area contributed by atoms with Crippen LogP contribution >= 0.6 is 0 Å². The van der Waals surface area contributed by atoms with Gasteiger partial charge in [0.2, 0.25) is 0 Å². The fourth-order valence-corrected chi connectivity index (χ4v) is 5.36. The fraction of sp³-hybridized carbons (Fsp3) is 0.613. The molecule has 0 radical (unpaired) electrons. The van der Waals surface area contributed by atoms with Gasteiger partial charge in [-0.05, 0) is 67.2 Å². The molecule has 1 aliphatic rings.